The number of rotatable bonds is 4. The van der Waals surface area contributed by atoms with Crippen molar-refractivity contribution in [2.45, 2.75) is 85.2 Å². The van der Waals surface area contributed by atoms with E-state index in [4.69, 9.17) is 0 Å². The van der Waals surface area contributed by atoms with Gasteiger partial charge in [0.15, 0.2) is 6.29 Å². The molecule has 0 radical (unpaired) electrons. The summed E-state index contributed by atoms with van der Waals surface area (Å²) in [6, 6.07) is 16.1. The van der Waals surface area contributed by atoms with E-state index in [1.165, 1.54) is 67.8 Å². The first kappa shape index (κ1) is 30.1. The average Bonchev–Trinajstić information content (AvgIpc) is 3.29. The molecule has 3 aromatic rings. The van der Waals surface area contributed by atoms with E-state index in [-0.39, 0.29) is 6.10 Å². The van der Waals surface area contributed by atoms with E-state index in [0.717, 1.165) is 53.1 Å². The zero-order valence-corrected chi connectivity index (χ0v) is 23.6. The maximum atomic E-state index is 10.7. The smallest absolute Gasteiger partial charge is 0.160 e. The van der Waals surface area contributed by atoms with Crippen LogP contribution in [0.3, 0.4) is 0 Å². The number of unbranched alkanes of at least 4 members (excludes halogenated alkanes) is 1. The third-order valence-corrected chi connectivity index (χ3v) is 6.87. The van der Waals surface area contributed by atoms with Crippen molar-refractivity contribution in [1.82, 2.24) is 9.88 Å². The van der Waals surface area contributed by atoms with Crippen LogP contribution in [0.2, 0.25) is 0 Å². The lowest BCUT2D eigenvalue weighted by atomic mass is 9.96. The predicted octanol–water partition coefficient (Wildman–Crippen LogP) is 7.58. The molecule has 1 aromatic carbocycles. The minimum absolute atomic E-state index is 0.0550. The van der Waals surface area contributed by atoms with E-state index in [1.807, 2.05) is 42.5 Å². The van der Waals surface area contributed by atoms with Gasteiger partial charge in [-0.05, 0) is 81.6 Å². The Morgan fingerprint density at radius 3 is 2.28 bits per heavy atom. The first-order chi connectivity index (χ1) is 17.4. The Morgan fingerprint density at radius 2 is 1.69 bits per heavy atom. The van der Waals surface area contributed by atoms with Gasteiger partial charge in [0.1, 0.15) is 4.83 Å². The van der Waals surface area contributed by atoms with Crippen LogP contribution in [0.4, 0.5) is 0 Å². The van der Waals surface area contributed by atoms with Gasteiger partial charge in [-0.3, -0.25) is 4.79 Å². The molecule has 4 nitrogen and oxygen atoms in total. The van der Waals surface area contributed by atoms with Crippen LogP contribution < -0.4 is 0 Å². The number of nitrogens with zero attached hydrogens (tertiary/aromatic N) is 2. The number of hydrogen-bond donors (Lipinski definition) is 1. The molecule has 1 aliphatic heterocycles. The monoisotopic (exact) mass is 510 g/mol. The topological polar surface area (TPSA) is 53.4 Å². The van der Waals surface area contributed by atoms with Crippen LogP contribution in [0.15, 0.2) is 48.5 Å². The Bertz CT molecular complexity index is 914. The third-order valence-electron chi connectivity index (χ3n) is 5.90. The zero-order chi connectivity index (χ0) is 26.2. The van der Waals surface area contributed by atoms with Crippen molar-refractivity contribution in [3.8, 4) is 0 Å². The lowest BCUT2D eigenvalue weighted by molar-refractivity contribution is 0.0701. The van der Waals surface area contributed by atoms with Gasteiger partial charge in [0.05, 0.1) is 11.0 Å². The van der Waals surface area contributed by atoms with Gasteiger partial charge in [-0.25, -0.2) is 4.98 Å². The molecule has 0 spiro atoms. The molecule has 1 fully saturated rings. The van der Waals surface area contributed by atoms with Crippen LogP contribution >= 0.6 is 11.3 Å². The standard InChI is InChI=1S/C12H11NOS.C9H19NO.C6H6.C4H10/c14-7-10-6-9-5-8-3-1-2-4-11(8)13-12(9)15-10;1-2-3-6-10-7-4-5-9(11)8-10;1-2-4-6-5-3-1;1-4(2)3/h5-7H,1-4H2;9,11H,2-8H2,1H3;1-6H;4H,1-3H3. The molecule has 2 aliphatic rings. The molecule has 5 rings (SSSR count). The number of benzene rings is 1. The van der Waals surface area contributed by atoms with Gasteiger partial charge >= 0.3 is 0 Å². The molecule has 1 N–H and O–H groups in total. The van der Waals surface area contributed by atoms with E-state index in [9.17, 15) is 9.90 Å². The van der Waals surface area contributed by atoms with Gasteiger partial charge in [-0.15, -0.1) is 11.3 Å². The van der Waals surface area contributed by atoms with Crippen molar-refractivity contribution in [2.75, 3.05) is 19.6 Å². The number of hydrogen-bond acceptors (Lipinski definition) is 5. The van der Waals surface area contributed by atoms with Crippen LogP contribution in [0.1, 0.15) is 87.1 Å². The molecule has 1 saturated heterocycles. The number of aryl methyl sites for hydroxylation is 2. The van der Waals surface area contributed by atoms with E-state index < -0.39 is 0 Å². The van der Waals surface area contributed by atoms with Crippen molar-refractivity contribution in [3.05, 3.63) is 64.7 Å². The lowest BCUT2D eigenvalue weighted by Gasteiger charge is -2.29. The first-order valence-corrected chi connectivity index (χ1v) is 14.5. The van der Waals surface area contributed by atoms with Crippen LogP contribution in [-0.2, 0) is 12.8 Å². The minimum atomic E-state index is -0.0550. The van der Waals surface area contributed by atoms with Gasteiger partial charge < -0.3 is 10.0 Å². The Labute approximate surface area is 222 Å². The number of aromatic nitrogens is 1. The first-order valence-electron chi connectivity index (χ1n) is 13.7. The van der Waals surface area contributed by atoms with E-state index >= 15 is 0 Å². The largest absolute Gasteiger partial charge is 0.392 e. The SMILES string of the molecule is CC(C)C.CCCCN1CCCC(O)C1.O=Cc1cc2cc3c(nc2s1)CCCC3.c1ccccc1. The fourth-order valence-electron chi connectivity index (χ4n) is 4.17. The highest BCUT2D eigenvalue weighted by atomic mass is 32.1. The molecule has 1 atom stereocenters. The number of fused-ring (bicyclic) bond motifs is 2. The second-order valence-corrected chi connectivity index (χ2v) is 11.4. The van der Waals surface area contributed by atoms with E-state index in [0.29, 0.717) is 0 Å². The Balaban J connectivity index is 0.000000190. The number of likely N-dealkylation sites (tertiary alicyclic amines) is 1. The third kappa shape index (κ3) is 11.8. The van der Waals surface area contributed by atoms with Gasteiger partial charge in [0.25, 0.3) is 0 Å². The van der Waals surface area contributed by atoms with Crippen LogP contribution in [0.25, 0.3) is 10.2 Å². The molecular formula is C31H46N2O2S. The summed E-state index contributed by atoms with van der Waals surface area (Å²) in [7, 11) is 0. The van der Waals surface area contributed by atoms with Crippen molar-refractivity contribution < 1.29 is 9.90 Å². The number of aliphatic hydroxyl groups excluding tert-OH is 1. The number of aldehydes is 1. The Hall–Kier alpha value is -2.08. The molecule has 2 aromatic heterocycles. The van der Waals surface area contributed by atoms with E-state index in [2.05, 4.69) is 43.6 Å². The number of piperidine rings is 1. The van der Waals surface area contributed by atoms with E-state index in [1.54, 1.807) is 0 Å². The number of aliphatic hydroxyl groups is 1. The van der Waals surface area contributed by atoms with Gasteiger partial charge in [-0.1, -0.05) is 70.5 Å². The van der Waals surface area contributed by atoms with Crippen molar-refractivity contribution in [1.29, 1.82) is 0 Å². The highest BCUT2D eigenvalue weighted by molar-refractivity contribution is 7.20. The summed E-state index contributed by atoms with van der Waals surface area (Å²) in [6.07, 6.45) is 10.3. The molecular weight excluding hydrogens is 464 g/mol. The fourth-order valence-corrected chi connectivity index (χ4v) is 5.02. The van der Waals surface area contributed by atoms with Crippen LogP contribution in [-0.4, -0.2) is 47.0 Å². The number of carbonyl (C=O) groups is 1. The average molecular weight is 511 g/mol. The number of pyridine rings is 1. The van der Waals surface area contributed by atoms with Crippen molar-refractivity contribution >= 4 is 27.8 Å². The lowest BCUT2D eigenvalue weighted by Crippen LogP contribution is -2.38. The second-order valence-electron chi connectivity index (χ2n) is 10.3. The molecule has 3 heterocycles. The van der Waals surface area contributed by atoms with Crippen molar-refractivity contribution in [3.63, 3.8) is 0 Å². The van der Waals surface area contributed by atoms with Crippen LogP contribution in [0.5, 0.6) is 0 Å². The maximum Gasteiger partial charge on any atom is 0.160 e. The number of thiophene rings is 1. The summed E-state index contributed by atoms with van der Waals surface area (Å²) in [4.78, 5) is 19.5. The Kier molecular flexibility index (Phi) is 14.6. The quantitative estimate of drug-likeness (QED) is 0.368. The zero-order valence-electron chi connectivity index (χ0n) is 22.8. The number of β-amino-alcohol motifs (C(OH)–C–C–N with tert-alkyl or cyclic N) is 1. The molecule has 5 heteroatoms. The molecule has 1 aliphatic carbocycles. The van der Waals surface area contributed by atoms with Crippen LogP contribution in [0, 0.1) is 5.92 Å². The van der Waals surface area contributed by atoms with Gasteiger partial charge in [-0.2, -0.15) is 0 Å². The highest BCUT2D eigenvalue weighted by Gasteiger charge is 2.16. The molecule has 0 bridgehead atoms. The number of carbonyl (C=O) groups excluding carboxylic acids is 1. The Morgan fingerprint density at radius 1 is 1.06 bits per heavy atom. The summed E-state index contributed by atoms with van der Waals surface area (Å²) in [6.45, 7) is 12.0. The molecule has 1 unspecified atom stereocenters. The highest BCUT2D eigenvalue weighted by Crippen LogP contribution is 2.28. The normalized spacial score (nSPS) is 17.0. The van der Waals surface area contributed by atoms with Gasteiger partial charge in [0, 0.05) is 17.6 Å². The molecule has 0 saturated carbocycles. The second kappa shape index (κ2) is 17.4. The summed E-state index contributed by atoms with van der Waals surface area (Å²) in [5, 5.41) is 10.5. The summed E-state index contributed by atoms with van der Waals surface area (Å²) in [5.41, 5.74) is 2.62. The molecule has 198 valence electrons. The van der Waals surface area contributed by atoms with Crippen molar-refractivity contribution in [2.24, 2.45) is 5.92 Å². The summed E-state index contributed by atoms with van der Waals surface area (Å²) >= 11 is 1.49. The molecule has 0 amide bonds. The summed E-state index contributed by atoms with van der Waals surface area (Å²) in [5.74, 6) is 0.833. The maximum absolute atomic E-state index is 10.7. The summed E-state index contributed by atoms with van der Waals surface area (Å²) < 4.78 is 0. The molecule has 36 heavy (non-hydrogen) atoms. The fraction of sp³-hybridized carbons (Fsp3) is 0.548. The minimum Gasteiger partial charge on any atom is -0.392 e. The van der Waals surface area contributed by atoms with Gasteiger partial charge in [0.2, 0.25) is 0 Å². The predicted molar refractivity (Wildman–Crippen MR) is 155 cm³/mol.